The van der Waals surface area contributed by atoms with Crippen LogP contribution in [0.15, 0.2) is 66.7 Å². The van der Waals surface area contributed by atoms with Crippen LogP contribution in [-0.4, -0.2) is 66.4 Å². The molecule has 0 radical (unpaired) electrons. The smallest absolute Gasteiger partial charge is 0.327 e. The lowest BCUT2D eigenvalue weighted by Gasteiger charge is -2.29. The van der Waals surface area contributed by atoms with E-state index in [0.717, 1.165) is 4.90 Å². The van der Waals surface area contributed by atoms with Crippen molar-refractivity contribution in [2.24, 2.45) is 5.92 Å². The van der Waals surface area contributed by atoms with Crippen molar-refractivity contribution >= 4 is 23.4 Å². The third kappa shape index (κ3) is 4.43. The minimum atomic E-state index is -1.02. The van der Waals surface area contributed by atoms with Gasteiger partial charge < -0.3 is 19.1 Å². The maximum atomic E-state index is 14.4. The molecule has 0 N–H and O–H groups in total. The summed E-state index contributed by atoms with van der Waals surface area (Å²) in [5, 5.41) is 11.9. The Bertz CT molecular complexity index is 1530. The molecule has 4 atom stereocenters. The van der Waals surface area contributed by atoms with E-state index < -0.39 is 40.8 Å². The first kappa shape index (κ1) is 27.6. The highest BCUT2D eigenvalue weighted by Crippen LogP contribution is 2.55. The number of ether oxygens (including phenoxy) is 3. The molecule has 11 nitrogen and oxygen atoms in total. The van der Waals surface area contributed by atoms with Gasteiger partial charge in [0.1, 0.15) is 6.04 Å². The molecule has 2 heterocycles. The van der Waals surface area contributed by atoms with Gasteiger partial charge in [0.25, 0.3) is 5.91 Å². The molecule has 0 spiro atoms. The molecular weight excluding hydrogens is 530 g/mol. The summed E-state index contributed by atoms with van der Waals surface area (Å²) in [6, 6.07) is 15.5. The minimum Gasteiger partial charge on any atom is -0.493 e. The number of methoxy groups -OCH3 is 3. The number of fused-ring (bicyclic) bond motifs is 1. The molecule has 2 aliphatic heterocycles. The van der Waals surface area contributed by atoms with Crippen molar-refractivity contribution < 1.29 is 33.5 Å². The number of nitrogens with zero attached hydrogens (tertiary/aromatic N) is 3. The molecule has 3 amide bonds. The lowest BCUT2D eigenvalue weighted by Crippen LogP contribution is -2.38. The van der Waals surface area contributed by atoms with Crippen molar-refractivity contribution in [3.05, 3.63) is 93.5 Å². The number of urea groups is 1. The summed E-state index contributed by atoms with van der Waals surface area (Å²) in [5.74, 6) is -1.59. The van der Waals surface area contributed by atoms with Crippen LogP contribution in [0, 0.1) is 16.0 Å². The Hall–Kier alpha value is -4.93. The quantitative estimate of drug-likeness (QED) is 0.161. The van der Waals surface area contributed by atoms with Crippen LogP contribution in [0.3, 0.4) is 0 Å². The highest BCUT2D eigenvalue weighted by atomic mass is 16.6. The van der Waals surface area contributed by atoms with Crippen LogP contribution in [0.5, 0.6) is 17.2 Å². The number of rotatable bonds is 9. The van der Waals surface area contributed by atoms with Crippen LogP contribution < -0.4 is 14.2 Å². The molecule has 3 aromatic carbocycles. The summed E-state index contributed by atoms with van der Waals surface area (Å²) in [4.78, 5) is 55.8. The predicted octanol–water partition coefficient (Wildman–Crippen LogP) is 4.61. The standard InChI is InChI=1S/C30H29N3O8/c1-5-31-29(35)27-24(18-11-14-22(40-3)23(16-18)41-4)25(28(34)17-9-7-6-8-10-17)26(32(27)30(31)36)19-12-13-21(39-2)20(15-19)33(37)38/h6-16,24-27H,5H2,1-4H3. The first-order chi connectivity index (χ1) is 19.8. The van der Waals surface area contributed by atoms with E-state index in [1.54, 1.807) is 61.5 Å². The fourth-order valence-corrected chi connectivity index (χ4v) is 6.06. The summed E-state index contributed by atoms with van der Waals surface area (Å²) in [6.07, 6.45) is 0. The number of nitro groups is 1. The molecule has 0 aromatic heterocycles. The van der Waals surface area contributed by atoms with Crippen molar-refractivity contribution in [3.63, 3.8) is 0 Å². The Morgan fingerprint density at radius 3 is 2.10 bits per heavy atom. The number of amides is 3. The second-order valence-electron chi connectivity index (χ2n) is 9.75. The number of ketones is 1. The zero-order valence-corrected chi connectivity index (χ0v) is 23.0. The molecule has 2 saturated heterocycles. The second-order valence-corrected chi connectivity index (χ2v) is 9.75. The normalized spacial score (nSPS) is 21.6. The van der Waals surface area contributed by atoms with Crippen LogP contribution in [0.25, 0.3) is 0 Å². The highest BCUT2D eigenvalue weighted by molar-refractivity contribution is 6.08. The van der Waals surface area contributed by atoms with Gasteiger partial charge >= 0.3 is 11.7 Å². The number of Topliss-reactive ketones (excluding diaryl/α,β-unsaturated/α-hetero) is 1. The lowest BCUT2D eigenvalue weighted by molar-refractivity contribution is -0.385. The average Bonchev–Trinajstić information content (AvgIpc) is 3.48. The molecule has 41 heavy (non-hydrogen) atoms. The van der Waals surface area contributed by atoms with Gasteiger partial charge in [-0.2, -0.15) is 0 Å². The molecular formula is C30H29N3O8. The van der Waals surface area contributed by atoms with Crippen molar-refractivity contribution in [2.45, 2.75) is 24.9 Å². The molecule has 2 aliphatic rings. The van der Waals surface area contributed by atoms with Crippen LogP contribution in [0.1, 0.15) is 40.4 Å². The van der Waals surface area contributed by atoms with Crippen LogP contribution in [0.4, 0.5) is 10.5 Å². The first-order valence-corrected chi connectivity index (χ1v) is 13.0. The first-order valence-electron chi connectivity index (χ1n) is 13.0. The van der Waals surface area contributed by atoms with Gasteiger partial charge in [0, 0.05) is 24.1 Å². The average molecular weight is 560 g/mol. The van der Waals surface area contributed by atoms with E-state index in [2.05, 4.69) is 0 Å². The fourth-order valence-electron chi connectivity index (χ4n) is 6.06. The Kier molecular flexibility index (Phi) is 7.36. The van der Waals surface area contributed by atoms with E-state index >= 15 is 0 Å². The van der Waals surface area contributed by atoms with E-state index in [0.29, 0.717) is 28.2 Å². The molecule has 3 aromatic rings. The van der Waals surface area contributed by atoms with Crippen molar-refractivity contribution in [2.75, 3.05) is 27.9 Å². The molecule has 0 aliphatic carbocycles. The largest absolute Gasteiger partial charge is 0.493 e. The van der Waals surface area contributed by atoms with Gasteiger partial charge in [0.2, 0.25) is 0 Å². The van der Waals surface area contributed by atoms with Gasteiger partial charge in [-0.1, -0.05) is 42.5 Å². The molecule has 11 heteroatoms. The predicted molar refractivity (Wildman–Crippen MR) is 147 cm³/mol. The van der Waals surface area contributed by atoms with Gasteiger partial charge in [-0.25, -0.2) is 4.79 Å². The number of carbonyl (C=O) groups is 3. The van der Waals surface area contributed by atoms with Crippen molar-refractivity contribution in [1.82, 2.24) is 9.80 Å². The van der Waals surface area contributed by atoms with E-state index in [1.165, 1.54) is 38.4 Å². The summed E-state index contributed by atoms with van der Waals surface area (Å²) in [6.45, 7) is 1.83. The summed E-state index contributed by atoms with van der Waals surface area (Å²) >= 11 is 0. The number of likely N-dealkylation sites (N-methyl/N-ethyl adjacent to an activating group) is 1. The Morgan fingerprint density at radius 1 is 0.854 bits per heavy atom. The van der Waals surface area contributed by atoms with Crippen LogP contribution >= 0.6 is 0 Å². The zero-order valence-electron chi connectivity index (χ0n) is 23.0. The summed E-state index contributed by atoms with van der Waals surface area (Å²) in [5.41, 5.74) is 1.02. The van der Waals surface area contributed by atoms with Crippen LogP contribution in [-0.2, 0) is 4.79 Å². The Balaban J connectivity index is 1.78. The third-order valence-electron chi connectivity index (χ3n) is 7.85. The minimum absolute atomic E-state index is 0.0367. The molecule has 4 unspecified atom stereocenters. The number of carbonyl (C=O) groups excluding carboxylic acids is 3. The monoisotopic (exact) mass is 559 g/mol. The number of hydrogen-bond donors (Lipinski definition) is 0. The zero-order chi connectivity index (χ0) is 29.4. The molecule has 2 fully saturated rings. The molecule has 212 valence electrons. The van der Waals surface area contributed by atoms with Gasteiger partial charge in [-0.15, -0.1) is 0 Å². The van der Waals surface area contributed by atoms with E-state index in [-0.39, 0.29) is 23.8 Å². The van der Waals surface area contributed by atoms with Gasteiger partial charge in [0.15, 0.2) is 23.0 Å². The second kappa shape index (κ2) is 10.9. The van der Waals surface area contributed by atoms with E-state index in [9.17, 15) is 24.5 Å². The topological polar surface area (TPSA) is 129 Å². The molecule has 5 rings (SSSR count). The fraction of sp³-hybridized carbons (Fsp3) is 0.300. The third-order valence-corrected chi connectivity index (χ3v) is 7.85. The lowest BCUT2D eigenvalue weighted by atomic mass is 9.75. The molecule has 0 saturated carbocycles. The summed E-state index contributed by atoms with van der Waals surface area (Å²) in [7, 11) is 4.31. The maximum absolute atomic E-state index is 14.4. The van der Waals surface area contributed by atoms with Crippen molar-refractivity contribution in [1.29, 1.82) is 0 Å². The SMILES string of the molecule is CCN1C(=O)C2C(c3ccc(OC)c(OC)c3)C(C(=O)c3ccccc3)C(c3ccc(OC)c([N+](=O)[O-])c3)N2C1=O. The van der Waals surface area contributed by atoms with Gasteiger partial charge in [-0.05, 0) is 36.2 Å². The van der Waals surface area contributed by atoms with Gasteiger partial charge in [-0.3, -0.25) is 24.6 Å². The number of nitro benzene ring substituents is 1. The number of hydrogen-bond acceptors (Lipinski definition) is 8. The summed E-state index contributed by atoms with van der Waals surface area (Å²) < 4.78 is 16.1. The van der Waals surface area contributed by atoms with Gasteiger partial charge in [0.05, 0.1) is 38.2 Å². The van der Waals surface area contributed by atoms with Crippen LogP contribution in [0.2, 0.25) is 0 Å². The highest BCUT2D eigenvalue weighted by Gasteiger charge is 2.63. The van der Waals surface area contributed by atoms with E-state index in [4.69, 9.17) is 14.2 Å². The Labute approximate surface area is 236 Å². The van der Waals surface area contributed by atoms with Crippen molar-refractivity contribution in [3.8, 4) is 17.2 Å². The Morgan fingerprint density at radius 2 is 1.49 bits per heavy atom. The number of imide groups is 1. The van der Waals surface area contributed by atoms with E-state index in [1.807, 2.05) is 0 Å². The number of benzene rings is 3. The maximum Gasteiger partial charge on any atom is 0.327 e. The molecule has 0 bridgehead atoms.